The molecule has 82 valence electrons. The van der Waals surface area contributed by atoms with Crippen LogP contribution in [0.15, 0.2) is 24.3 Å². The Morgan fingerprint density at radius 3 is 2.87 bits per heavy atom. The molecule has 3 heteroatoms. The van der Waals surface area contributed by atoms with Crippen molar-refractivity contribution in [3.63, 3.8) is 0 Å². The van der Waals surface area contributed by atoms with Crippen molar-refractivity contribution in [3.8, 4) is 0 Å². The minimum atomic E-state index is -0.917. The Bertz CT molecular complexity index is 336. The van der Waals surface area contributed by atoms with Crippen LogP contribution in [0.3, 0.4) is 0 Å². The molecule has 0 radical (unpaired) electrons. The van der Waals surface area contributed by atoms with Gasteiger partial charge in [0.1, 0.15) is 6.04 Å². The predicted octanol–water partition coefficient (Wildman–Crippen LogP) is 1.73. The average molecular weight is 207 g/mol. The highest BCUT2D eigenvalue weighted by atomic mass is 16.4. The van der Waals surface area contributed by atoms with Crippen LogP contribution >= 0.6 is 0 Å². The monoisotopic (exact) mass is 207 g/mol. The van der Waals surface area contributed by atoms with Crippen LogP contribution < -0.4 is 5.73 Å². The second kappa shape index (κ2) is 5.51. The summed E-state index contributed by atoms with van der Waals surface area (Å²) in [4.78, 5) is 10.5. The molecule has 1 aromatic carbocycles. The zero-order valence-corrected chi connectivity index (χ0v) is 8.94. The number of benzene rings is 1. The average Bonchev–Trinajstić information content (AvgIpc) is 2.17. The third-order valence-electron chi connectivity index (χ3n) is 2.38. The fraction of sp³-hybridized carbons (Fsp3) is 0.417. The zero-order chi connectivity index (χ0) is 11.3. The maximum Gasteiger partial charge on any atom is 0.320 e. The molecule has 0 saturated carbocycles. The molecule has 0 spiro atoms. The molecular weight excluding hydrogens is 190 g/mol. The van der Waals surface area contributed by atoms with E-state index in [0.717, 1.165) is 12.8 Å². The third kappa shape index (κ3) is 4.13. The van der Waals surface area contributed by atoms with Gasteiger partial charge in [0.05, 0.1) is 0 Å². The molecular formula is C12H17NO2. The Labute approximate surface area is 89.9 Å². The molecule has 0 aromatic heterocycles. The van der Waals surface area contributed by atoms with E-state index in [9.17, 15) is 4.79 Å². The standard InChI is InChI=1S/C12H17NO2/c1-9-4-2-5-10(8-9)6-3-7-11(13)12(14)15/h2,4-5,8,11H,3,6-7,13H2,1H3,(H,14,15). The highest BCUT2D eigenvalue weighted by Crippen LogP contribution is 2.08. The van der Waals surface area contributed by atoms with Crippen molar-refractivity contribution in [2.45, 2.75) is 32.2 Å². The molecule has 1 unspecified atom stereocenters. The number of nitrogens with two attached hydrogens (primary N) is 1. The van der Waals surface area contributed by atoms with Gasteiger partial charge in [-0.1, -0.05) is 29.8 Å². The molecule has 0 aliphatic heterocycles. The lowest BCUT2D eigenvalue weighted by Gasteiger charge is -2.06. The van der Waals surface area contributed by atoms with E-state index in [2.05, 4.69) is 12.1 Å². The summed E-state index contributed by atoms with van der Waals surface area (Å²) in [5, 5.41) is 8.60. The molecule has 1 rings (SSSR count). The molecule has 15 heavy (non-hydrogen) atoms. The summed E-state index contributed by atoms with van der Waals surface area (Å²) in [6.07, 6.45) is 2.24. The van der Waals surface area contributed by atoms with E-state index in [1.54, 1.807) is 0 Å². The second-order valence-electron chi connectivity index (χ2n) is 3.83. The summed E-state index contributed by atoms with van der Waals surface area (Å²) in [5.41, 5.74) is 7.89. The van der Waals surface area contributed by atoms with Crippen molar-refractivity contribution in [3.05, 3.63) is 35.4 Å². The van der Waals surface area contributed by atoms with Crippen LogP contribution in [-0.2, 0) is 11.2 Å². The van der Waals surface area contributed by atoms with Crippen LogP contribution in [0.1, 0.15) is 24.0 Å². The largest absolute Gasteiger partial charge is 0.480 e. The van der Waals surface area contributed by atoms with Gasteiger partial charge in [-0.3, -0.25) is 4.79 Å². The first-order valence-corrected chi connectivity index (χ1v) is 5.13. The highest BCUT2D eigenvalue weighted by molar-refractivity contribution is 5.72. The van der Waals surface area contributed by atoms with E-state index < -0.39 is 12.0 Å². The van der Waals surface area contributed by atoms with Crippen LogP contribution in [0, 0.1) is 6.92 Å². The number of carbonyl (C=O) groups is 1. The number of carboxylic acids is 1. The number of rotatable bonds is 5. The summed E-state index contributed by atoms with van der Waals surface area (Å²) in [7, 11) is 0. The summed E-state index contributed by atoms with van der Waals surface area (Å²) < 4.78 is 0. The Morgan fingerprint density at radius 1 is 1.53 bits per heavy atom. The first-order valence-electron chi connectivity index (χ1n) is 5.13. The van der Waals surface area contributed by atoms with E-state index in [4.69, 9.17) is 10.8 Å². The fourth-order valence-corrected chi connectivity index (χ4v) is 1.52. The molecule has 3 nitrogen and oxygen atoms in total. The zero-order valence-electron chi connectivity index (χ0n) is 8.94. The first kappa shape index (κ1) is 11.7. The van der Waals surface area contributed by atoms with E-state index in [0.29, 0.717) is 6.42 Å². The molecule has 0 aliphatic rings. The molecule has 1 atom stereocenters. The van der Waals surface area contributed by atoms with Crippen LogP contribution in [0.5, 0.6) is 0 Å². The van der Waals surface area contributed by atoms with Crippen molar-refractivity contribution in [2.24, 2.45) is 5.73 Å². The van der Waals surface area contributed by atoms with Gasteiger partial charge in [0.2, 0.25) is 0 Å². The lowest BCUT2D eigenvalue weighted by atomic mass is 10.0. The van der Waals surface area contributed by atoms with E-state index in [-0.39, 0.29) is 0 Å². The molecule has 3 N–H and O–H groups in total. The predicted molar refractivity (Wildman–Crippen MR) is 59.7 cm³/mol. The van der Waals surface area contributed by atoms with E-state index in [1.807, 2.05) is 19.1 Å². The molecule has 0 amide bonds. The number of hydrogen-bond donors (Lipinski definition) is 2. The second-order valence-corrected chi connectivity index (χ2v) is 3.83. The molecule has 0 heterocycles. The molecule has 1 aromatic rings. The van der Waals surface area contributed by atoms with Gasteiger partial charge >= 0.3 is 5.97 Å². The Kier molecular flexibility index (Phi) is 4.31. The lowest BCUT2D eigenvalue weighted by molar-refractivity contribution is -0.138. The number of aliphatic carboxylic acids is 1. The van der Waals surface area contributed by atoms with Gasteiger partial charge in [-0.2, -0.15) is 0 Å². The van der Waals surface area contributed by atoms with Crippen LogP contribution in [0.4, 0.5) is 0 Å². The van der Waals surface area contributed by atoms with Crippen molar-refractivity contribution in [2.75, 3.05) is 0 Å². The van der Waals surface area contributed by atoms with Gasteiger partial charge in [0, 0.05) is 0 Å². The molecule has 0 bridgehead atoms. The van der Waals surface area contributed by atoms with Gasteiger partial charge in [0.15, 0.2) is 0 Å². The molecule has 0 fully saturated rings. The van der Waals surface area contributed by atoms with Gasteiger partial charge in [0.25, 0.3) is 0 Å². The highest BCUT2D eigenvalue weighted by Gasteiger charge is 2.10. The fourth-order valence-electron chi connectivity index (χ4n) is 1.52. The summed E-state index contributed by atoms with van der Waals surface area (Å²) in [6, 6.07) is 7.51. The van der Waals surface area contributed by atoms with Crippen molar-refractivity contribution >= 4 is 5.97 Å². The third-order valence-corrected chi connectivity index (χ3v) is 2.38. The van der Waals surface area contributed by atoms with E-state index >= 15 is 0 Å². The minimum absolute atomic E-state index is 0.531. The smallest absolute Gasteiger partial charge is 0.320 e. The van der Waals surface area contributed by atoms with Gasteiger partial charge < -0.3 is 10.8 Å². The van der Waals surface area contributed by atoms with Crippen LogP contribution in [-0.4, -0.2) is 17.1 Å². The minimum Gasteiger partial charge on any atom is -0.480 e. The summed E-state index contributed by atoms with van der Waals surface area (Å²) in [6.45, 7) is 2.05. The first-order chi connectivity index (χ1) is 7.09. The maximum atomic E-state index is 10.5. The maximum absolute atomic E-state index is 10.5. The number of carboxylic acid groups (broad SMARTS) is 1. The SMILES string of the molecule is Cc1cccc(CCCC(N)C(=O)O)c1. The van der Waals surface area contributed by atoms with Crippen molar-refractivity contribution in [1.29, 1.82) is 0 Å². The molecule has 0 aliphatic carbocycles. The van der Waals surface area contributed by atoms with Crippen molar-refractivity contribution in [1.82, 2.24) is 0 Å². The number of hydrogen-bond acceptors (Lipinski definition) is 2. The van der Waals surface area contributed by atoms with Gasteiger partial charge in [-0.15, -0.1) is 0 Å². The normalized spacial score (nSPS) is 12.4. The van der Waals surface area contributed by atoms with Crippen LogP contribution in [0.2, 0.25) is 0 Å². The quantitative estimate of drug-likeness (QED) is 0.772. The van der Waals surface area contributed by atoms with Crippen molar-refractivity contribution < 1.29 is 9.90 Å². The molecule has 0 saturated heterocycles. The Balaban J connectivity index is 2.35. The Hall–Kier alpha value is -1.35. The summed E-state index contributed by atoms with van der Waals surface area (Å²) in [5.74, 6) is -0.917. The number of aryl methyl sites for hydroxylation is 2. The van der Waals surface area contributed by atoms with Gasteiger partial charge in [-0.25, -0.2) is 0 Å². The summed E-state index contributed by atoms with van der Waals surface area (Å²) >= 11 is 0. The topological polar surface area (TPSA) is 63.3 Å². The lowest BCUT2D eigenvalue weighted by Crippen LogP contribution is -2.29. The van der Waals surface area contributed by atoms with E-state index in [1.165, 1.54) is 11.1 Å². The Morgan fingerprint density at radius 2 is 2.27 bits per heavy atom. The van der Waals surface area contributed by atoms with Crippen LogP contribution in [0.25, 0.3) is 0 Å². The van der Waals surface area contributed by atoms with Gasteiger partial charge in [-0.05, 0) is 31.7 Å².